The topological polar surface area (TPSA) is 111 Å². The first-order valence-electron chi connectivity index (χ1n) is 6.30. The summed E-state index contributed by atoms with van der Waals surface area (Å²) >= 11 is 0. The number of carbonyl (C=O) groups excluding carboxylic acids is 2. The second kappa shape index (κ2) is 5.79. The summed E-state index contributed by atoms with van der Waals surface area (Å²) in [6, 6.07) is 4.07. The Labute approximate surface area is 116 Å². The van der Waals surface area contributed by atoms with Gasteiger partial charge in [-0.3, -0.25) is 9.59 Å². The van der Waals surface area contributed by atoms with E-state index in [1.165, 1.54) is 18.0 Å². The quantitative estimate of drug-likeness (QED) is 0.628. The molecule has 1 aliphatic heterocycles. The highest BCUT2D eigenvalue weighted by atomic mass is 16.5. The van der Waals surface area contributed by atoms with Crippen LogP contribution in [0.15, 0.2) is 18.2 Å². The monoisotopic (exact) mass is 278 g/mol. The number of benzene rings is 1. The molecular formula is C13H18N4O3. The van der Waals surface area contributed by atoms with Crippen molar-refractivity contribution in [2.75, 3.05) is 38.3 Å². The van der Waals surface area contributed by atoms with Crippen LogP contribution < -0.4 is 16.8 Å². The molecule has 5 N–H and O–H groups in total. The second-order valence-corrected chi connectivity index (χ2v) is 4.55. The maximum Gasteiger partial charge on any atom is 0.256 e. The molecule has 1 aliphatic rings. The van der Waals surface area contributed by atoms with Crippen LogP contribution in [-0.2, 0) is 9.53 Å². The first-order chi connectivity index (χ1) is 9.54. The zero-order valence-corrected chi connectivity index (χ0v) is 11.3. The van der Waals surface area contributed by atoms with Gasteiger partial charge < -0.3 is 26.4 Å². The summed E-state index contributed by atoms with van der Waals surface area (Å²) < 4.78 is 5.26. The lowest BCUT2D eigenvalue weighted by atomic mass is 10.1. The second-order valence-electron chi connectivity index (χ2n) is 4.55. The van der Waals surface area contributed by atoms with Crippen molar-refractivity contribution < 1.29 is 14.3 Å². The number of ether oxygens (including phenoxy) is 1. The van der Waals surface area contributed by atoms with Gasteiger partial charge in [0, 0.05) is 25.0 Å². The Morgan fingerprint density at radius 3 is 2.80 bits per heavy atom. The molecule has 0 aromatic heterocycles. The normalized spacial score (nSPS) is 18.6. The van der Waals surface area contributed by atoms with Crippen LogP contribution in [0.2, 0.25) is 0 Å². The van der Waals surface area contributed by atoms with Gasteiger partial charge in [0.2, 0.25) is 5.91 Å². The summed E-state index contributed by atoms with van der Waals surface area (Å²) in [6.45, 7) is 0.926. The number of hydrogen-bond acceptors (Lipinski definition) is 5. The highest BCUT2D eigenvalue weighted by Gasteiger charge is 2.33. The van der Waals surface area contributed by atoms with Crippen LogP contribution in [0.4, 0.5) is 11.4 Å². The van der Waals surface area contributed by atoms with Gasteiger partial charge in [-0.1, -0.05) is 0 Å². The fourth-order valence-electron chi connectivity index (χ4n) is 2.16. The van der Waals surface area contributed by atoms with Crippen LogP contribution in [0.1, 0.15) is 10.4 Å². The van der Waals surface area contributed by atoms with E-state index in [1.54, 1.807) is 12.1 Å². The number of hydrogen-bond donors (Lipinski definition) is 3. The molecule has 1 atom stereocenters. The van der Waals surface area contributed by atoms with Crippen LogP contribution in [0.25, 0.3) is 0 Å². The number of anilines is 2. The lowest BCUT2D eigenvalue weighted by molar-refractivity contribution is -0.130. The van der Waals surface area contributed by atoms with Crippen molar-refractivity contribution in [3.63, 3.8) is 0 Å². The van der Waals surface area contributed by atoms with Crippen molar-refractivity contribution in [2.45, 2.75) is 6.04 Å². The summed E-state index contributed by atoms with van der Waals surface area (Å²) in [5.41, 5.74) is 12.6. The molecule has 1 unspecified atom stereocenters. The summed E-state index contributed by atoms with van der Waals surface area (Å²) in [6.07, 6.45) is 0. The number of morpholine rings is 1. The number of nitrogen functional groups attached to an aromatic ring is 2. The Kier molecular flexibility index (Phi) is 4.09. The number of nitrogens with zero attached hydrogens (tertiary/aromatic N) is 1. The number of nitrogens with one attached hydrogen (secondary N) is 1. The average molecular weight is 278 g/mol. The molecule has 7 heteroatoms. The van der Waals surface area contributed by atoms with Crippen molar-refractivity contribution in [3.05, 3.63) is 23.8 Å². The predicted molar refractivity (Wildman–Crippen MR) is 75.0 cm³/mol. The molecule has 1 aromatic rings. The van der Waals surface area contributed by atoms with Crippen molar-refractivity contribution in [3.8, 4) is 0 Å². The first kappa shape index (κ1) is 14.1. The molecule has 1 saturated heterocycles. The van der Waals surface area contributed by atoms with E-state index in [0.717, 1.165) is 0 Å². The Morgan fingerprint density at radius 2 is 2.15 bits per heavy atom. The molecule has 0 bridgehead atoms. The number of carbonyl (C=O) groups is 2. The van der Waals surface area contributed by atoms with Gasteiger partial charge in [0.25, 0.3) is 5.91 Å². The summed E-state index contributed by atoms with van der Waals surface area (Å²) in [5, 5.41) is 2.53. The highest BCUT2D eigenvalue weighted by molar-refractivity contribution is 6.02. The summed E-state index contributed by atoms with van der Waals surface area (Å²) in [4.78, 5) is 25.8. The molecule has 2 amide bonds. The van der Waals surface area contributed by atoms with Crippen LogP contribution in [0.3, 0.4) is 0 Å². The maximum atomic E-state index is 12.5. The molecule has 7 nitrogen and oxygen atoms in total. The van der Waals surface area contributed by atoms with Gasteiger partial charge in [-0.2, -0.15) is 0 Å². The van der Waals surface area contributed by atoms with E-state index in [4.69, 9.17) is 16.2 Å². The van der Waals surface area contributed by atoms with Crippen molar-refractivity contribution >= 4 is 23.2 Å². The molecular weight excluding hydrogens is 260 g/mol. The van der Waals surface area contributed by atoms with E-state index in [2.05, 4.69) is 5.32 Å². The van der Waals surface area contributed by atoms with E-state index in [0.29, 0.717) is 30.1 Å². The van der Waals surface area contributed by atoms with Gasteiger partial charge in [0.1, 0.15) is 6.04 Å². The highest BCUT2D eigenvalue weighted by Crippen LogP contribution is 2.20. The van der Waals surface area contributed by atoms with E-state index < -0.39 is 6.04 Å². The van der Waals surface area contributed by atoms with Gasteiger partial charge in [0.15, 0.2) is 0 Å². The molecule has 2 rings (SSSR count). The first-order valence-corrected chi connectivity index (χ1v) is 6.30. The smallest absolute Gasteiger partial charge is 0.256 e. The Bertz CT molecular complexity index is 532. The molecule has 0 aliphatic carbocycles. The van der Waals surface area contributed by atoms with Crippen LogP contribution in [-0.4, -0.2) is 49.6 Å². The molecule has 0 spiro atoms. The minimum absolute atomic E-state index is 0.181. The third-order valence-corrected chi connectivity index (χ3v) is 3.24. The van der Waals surface area contributed by atoms with E-state index >= 15 is 0 Å². The van der Waals surface area contributed by atoms with E-state index in [-0.39, 0.29) is 18.4 Å². The van der Waals surface area contributed by atoms with Gasteiger partial charge in [-0.15, -0.1) is 0 Å². The van der Waals surface area contributed by atoms with Crippen molar-refractivity contribution in [2.24, 2.45) is 0 Å². The van der Waals surface area contributed by atoms with E-state index in [1.807, 2.05) is 0 Å². The predicted octanol–water partition coefficient (Wildman–Crippen LogP) is -0.562. The van der Waals surface area contributed by atoms with Crippen molar-refractivity contribution in [1.82, 2.24) is 10.2 Å². The zero-order valence-electron chi connectivity index (χ0n) is 11.3. The minimum atomic E-state index is -0.641. The van der Waals surface area contributed by atoms with E-state index in [9.17, 15) is 9.59 Å². The molecule has 1 heterocycles. The largest absolute Gasteiger partial charge is 0.399 e. The maximum absolute atomic E-state index is 12.5. The Hall–Kier alpha value is -2.28. The fourth-order valence-corrected chi connectivity index (χ4v) is 2.16. The summed E-state index contributed by atoms with van der Waals surface area (Å²) in [7, 11) is 1.52. The molecule has 108 valence electrons. The third-order valence-electron chi connectivity index (χ3n) is 3.24. The standard InChI is InChI=1S/C13H18N4O3/c1-16-12(18)11-7-20-5-4-17(11)13(19)9-3-2-8(14)6-10(9)15/h2-3,6,11H,4-5,7,14-15H2,1H3,(H,16,18). The van der Waals surface area contributed by atoms with Gasteiger partial charge in [-0.25, -0.2) is 0 Å². The Balaban J connectivity index is 2.27. The van der Waals surface area contributed by atoms with Crippen molar-refractivity contribution in [1.29, 1.82) is 0 Å². The fraction of sp³-hybridized carbons (Fsp3) is 0.385. The molecule has 0 saturated carbocycles. The average Bonchev–Trinajstić information content (AvgIpc) is 2.46. The zero-order chi connectivity index (χ0) is 14.7. The molecule has 1 fully saturated rings. The number of rotatable bonds is 2. The number of nitrogens with two attached hydrogens (primary N) is 2. The SMILES string of the molecule is CNC(=O)C1COCCN1C(=O)c1ccc(N)cc1N. The molecule has 0 radical (unpaired) electrons. The third kappa shape index (κ3) is 2.67. The number of amides is 2. The number of likely N-dealkylation sites (N-methyl/N-ethyl adjacent to an activating group) is 1. The van der Waals surface area contributed by atoms with Crippen LogP contribution in [0, 0.1) is 0 Å². The van der Waals surface area contributed by atoms with Gasteiger partial charge in [0.05, 0.1) is 18.8 Å². The Morgan fingerprint density at radius 1 is 1.40 bits per heavy atom. The van der Waals surface area contributed by atoms with Gasteiger partial charge in [-0.05, 0) is 18.2 Å². The summed E-state index contributed by atoms with van der Waals surface area (Å²) in [5.74, 6) is -0.550. The van der Waals surface area contributed by atoms with Gasteiger partial charge >= 0.3 is 0 Å². The van der Waals surface area contributed by atoms with Crippen LogP contribution >= 0.6 is 0 Å². The molecule has 20 heavy (non-hydrogen) atoms. The minimum Gasteiger partial charge on any atom is -0.399 e. The molecule has 1 aromatic carbocycles. The lowest BCUT2D eigenvalue weighted by Gasteiger charge is -2.34. The van der Waals surface area contributed by atoms with Crippen LogP contribution in [0.5, 0.6) is 0 Å². The lowest BCUT2D eigenvalue weighted by Crippen LogP contribution is -2.55.